The van der Waals surface area contributed by atoms with Crippen molar-refractivity contribution in [2.75, 3.05) is 11.5 Å². The van der Waals surface area contributed by atoms with Crippen LogP contribution >= 0.6 is 34.9 Å². The summed E-state index contributed by atoms with van der Waals surface area (Å²) in [7, 11) is 0. The van der Waals surface area contributed by atoms with Crippen LogP contribution in [-0.2, 0) is 20.9 Å². The number of hydrogen-bond acceptors (Lipinski definition) is 12. The number of fused-ring (bicyclic) bond motifs is 1. The van der Waals surface area contributed by atoms with Crippen LogP contribution in [-0.4, -0.2) is 76.0 Å². The molecule has 152 valence electrons. The largest absolute Gasteiger partial charge is 1.00 e. The molecule has 1 fully saturated rings. The molecule has 2 atom stereocenters. The van der Waals surface area contributed by atoms with E-state index in [4.69, 9.17) is 0 Å². The summed E-state index contributed by atoms with van der Waals surface area (Å²) >= 11 is 4.17. The zero-order chi connectivity index (χ0) is 20.5. The predicted molar refractivity (Wildman–Crippen MR) is 100 cm³/mol. The van der Waals surface area contributed by atoms with Crippen molar-refractivity contribution >= 4 is 52.6 Å². The Morgan fingerprint density at radius 2 is 2.20 bits per heavy atom. The maximum Gasteiger partial charge on any atom is 1.00 e. The summed E-state index contributed by atoms with van der Waals surface area (Å²) in [5.41, 5.74) is 0.453. The molecule has 0 unspecified atom stereocenters. The Morgan fingerprint density at radius 1 is 1.40 bits per heavy atom. The van der Waals surface area contributed by atoms with Gasteiger partial charge in [-0.2, -0.15) is 0 Å². The van der Waals surface area contributed by atoms with E-state index in [0.29, 0.717) is 17.1 Å². The topological polar surface area (TPSA) is 159 Å². The molecule has 30 heavy (non-hydrogen) atoms. The summed E-state index contributed by atoms with van der Waals surface area (Å²) in [6.07, 6.45) is 1.28. The quantitative estimate of drug-likeness (QED) is 0.175. The second-order valence-electron chi connectivity index (χ2n) is 6.08. The molecule has 0 aromatic carbocycles. The number of carboxylic acid groups (broad SMARTS) is 1. The van der Waals surface area contributed by atoms with E-state index < -0.39 is 29.2 Å². The second-order valence-corrected chi connectivity index (χ2v) is 9.59. The maximum absolute atomic E-state index is 12.6. The number of tetrazole rings is 1. The SMILES string of the molecule is Cc1nnc(SCC2=C(C(=O)[O-])N3C(=O)[C@@H](N[13C](=O)[13CH2][15n]4cnnn4)[C@H]3SC2)s1.[Na+]. The summed E-state index contributed by atoms with van der Waals surface area (Å²) in [5.74, 6) is -1.57. The molecule has 4 rings (SSSR count). The number of nitrogens with zero attached hydrogens (tertiary/aromatic N) is 7. The minimum absolute atomic E-state index is 0. The van der Waals surface area contributed by atoms with Gasteiger partial charge >= 0.3 is 29.6 Å². The van der Waals surface area contributed by atoms with Gasteiger partial charge in [0.1, 0.15) is 29.3 Å². The van der Waals surface area contributed by atoms with Gasteiger partial charge in [0.05, 0.1) is 11.7 Å². The first-order chi connectivity index (χ1) is 13.9. The predicted octanol–water partition coefficient (Wildman–Crippen LogP) is -4.97. The van der Waals surface area contributed by atoms with E-state index in [9.17, 15) is 19.5 Å². The summed E-state index contributed by atoms with van der Waals surface area (Å²) in [5, 5.41) is 33.1. The van der Waals surface area contributed by atoms with E-state index in [2.05, 4.69) is 31.0 Å². The zero-order valence-corrected chi connectivity index (χ0v) is 20.3. The van der Waals surface area contributed by atoms with Crippen molar-refractivity contribution < 1.29 is 49.0 Å². The van der Waals surface area contributed by atoms with Crippen LogP contribution in [0.4, 0.5) is 0 Å². The number of hydrogen-bond donors (Lipinski definition) is 1. The molecule has 0 bridgehead atoms. The molecule has 2 aromatic rings. The first-order valence-electron chi connectivity index (χ1n) is 8.25. The normalized spacial score (nSPS) is 20.3. The van der Waals surface area contributed by atoms with Gasteiger partial charge in [0.2, 0.25) is 5.91 Å². The smallest absolute Gasteiger partial charge is 0.543 e. The minimum Gasteiger partial charge on any atom is -0.543 e. The fraction of sp³-hybridized carbons (Fsp3) is 0.429. The summed E-state index contributed by atoms with van der Waals surface area (Å²) in [4.78, 5) is 37.6. The molecule has 2 aliphatic heterocycles. The molecule has 4 heterocycles. The van der Waals surface area contributed by atoms with E-state index in [-0.39, 0.29) is 41.8 Å². The fourth-order valence-corrected chi connectivity index (χ4v) is 6.19. The van der Waals surface area contributed by atoms with Crippen molar-refractivity contribution in [1.82, 2.24) is 40.6 Å². The molecule has 2 aliphatic rings. The molecular formula is C14H13N8NaO4S3. The molecular weight excluding hydrogens is 466 g/mol. The second kappa shape index (κ2) is 9.74. The van der Waals surface area contributed by atoms with Crippen molar-refractivity contribution in [3.8, 4) is 0 Å². The number of nitrogens with one attached hydrogen (secondary N) is 1. The first-order valence-corrected chi connectivity index (χ1v) is 11.1. The molecule has 0 aliphatic carbocycles. The number of aryl methyl sites for hydroxylation is 1. The Balaban J connectivity index is 0.00000256. The summed E-state index contributed by atoms with van der Waals surface area (Å²) in [6, 6.07) is -0.807. The average molecular weight is 479 g/mol. The number of carboxylic acids is 1. The summed E-state index contributed by atoms with van der Waals surface area (Å²) < 4.78 is 1.95. The molecule has 0 saturated carbocycles. The van der Waals surface area contributed by atoms with Crippen LogP contribution in [0, 0.1) is 6.92 Å². The number of amides is 2. The van der Waals surface area contributed by atoms with Gasteiger partial charge in [-0.3, -0.25) is 14.5 Å². The molecule has 16 heteroatoms. The van der Waals surface area contributed by atoms with Crippen LogP contribution in [0.2, 0.25) is 0 Å². The van der Waals surface area contributed by atoms with Gasteiger partial charge in [-0.05, 0) is 22.9 Å². The minimum atomic E-state index is -1.41. The van der Waals surface area contributed by atoms with Crippen LogP contribution < -0.4 is 40.0 Å². The van der Waals surface area contributed by atoms with E-state index in [0.717, 1.165) is 9.35 Å². The third kappa shape index (κ3) is 4.70. The maximum atomic E-state index is 12.6. The average Bonchev–Trinajstić information content (AvgIpc) is 3.35. The van der Waals surface area contributed by atoms with Gasteiger partial charge in [-0.1, -0.05) is 23.1 Å². The molecule has 2 aromatic heterocycles. The molecule has 2 amide bonds. The van der Waals surface area contributed by atoms with Crippen LogP contribution in [0.3, 0.4) is 0 Å². The number of carbonyl (C=O) groups excluding carboxylic acids is 3. The molecule has 1 N–H and O–H groups in total. The van der Waals surface area contributed by atoms with E-state index in [1.165, 1.54) is 50.8 Å². The molecule has 0 radical (unpaired) electrons. The number of thioether (sulfide) groups is 2. The Kier molecular flexibility index (Phi) is 7.52. The van der Waals surface area contributed by atoms with Crippen molar-refractivity contribution in [1.29, 1.82) is 0 Å². The number of aliphatic carboxylic acids is 1. The van der Waals surface area contributed by atoms with Gasteiger partial charge in [0, 0.05) is 11.5 Å². The Morgan fingerprint density at radius 3 is 2.83 bits per heavy atom. The van der Waals surface area contributed by atoms with Gasteiger partial charge in [0.15, 0.2) is 4.34 Å². The fourth-order valence-electron chi connectivity index (χ4n) is 2.89. The van der Waals surface area contributed by atoms with E-state index in [1.807, 2.05) is 6.92 Å². The zero-order valence-electron chi connectivity index (χ0n) is 15.8. The van der Waals surface area contributed by atoms with Gasteiger partial charge < -0.3 is 15.2 Å². The molecule has 12 nitrogen and oxygen atoms in total. The Hall–Kier alpha value is -1.52. The van der Waals surface area contributed by atoms with Crippen molar-refractivity contribution in [3.63, 3.8) is 0 Å². The molecule has 0 spiro atoms. The van der Waals surface area contributed by atoms with Gasteiger partial charge in [-0.25, -0.2) is 4.68 Å². The van der Waals surface area contributed by atoms with Gasteiger partial charge in [0.25, 0.3) is 5.91 Å². The standard InChI is InChI=1S/C14H14N8O4S3.Na/c1-6-17-18-14(29-6)28-4-7-3-27-12-9(11(24)22(12)10(7)13(25)26)16-8(23)2-21-5-15-19-20-21;/h5,9,12H,2-4H2,1H3,(H,16,23)(H,25,26);/q;+1/p-1/t9-,12-;/m1./s1/i2+1,8+1,21+1;. The number of carbonyl (C=O) groups is 3. The third-order valence-corrected chi connectivity index (χ3v) is 7.53. The van der Waals surface area contributed by atoms with E-state index in [1.54, 1.807) is 0 Å². The first kappa shape index (κ1) is 23.1. The van der Waals surface area contributed by atoms with Crippen molar-refractivity contribution in [3.05, 3.63) is 22.6 Å². The van der Waals surface area contributed by atoms with Gasteiger partial charge in [-0.15, -0.1) is 27.1 Å². The van der Waals surface area contributed by atoms with Crippen LogP contribution in [0.15, 0.2) is 21.9 Å². The van der Waals surface area contributed by atoms with Crippen LogP contribution in [0.5, 0.6) is 0 Å². The Labute approximate surface area is 204 Å². The third-order valence-electron chi connectivity index (χ3n) is 4.13. The van der Waals surface area contributed by atoms with Crippen molar-refractivity contribution in [2.45, 2.75) is 29.2 Å². The van der Waals surface area contributed by atoms with E-state index >= 15 is 0 Å². The summed E-state index contributed by atoms with van der Waals surface area (Å²) in [6.45, 7) is 1.70. The van der Waals surface area contributed by atoms with Crippen LogP contribution in [0.25, 0.3) is 0 Å². The number of rotatable bonds is 7. The number of β-lactam (4-membered cyclic amide) rings is 1. The Bertz CT molecular complexity index is 997. The molecule has 1 saturated heterocycles. The van der Waals surface area contributed by atoms with Crippen molar-refractivity contribution in [2.24, 2.45) is 0 Å². The number of aromatic nitrogens is 6. The van der Waals surface area contributed by atoms with Crippen LogP contribution in [0.1, 0.15) is 5.01 Å². The monoisotopic (exact) mass is 479 g/mol.